The predicted molar refractivity (Wildman–Crippen MR) is 263 cm³/mol. The third-order valence-corrected chi connectivity index (χ3v) is 13.6. The lowest BCUT2D eigenvalue weighted by atomic mass is 9.97. The van der Waals surface area contributed by atoms with Gasteiger partial charge in [-0.1, -0.05) is 70.7 Å². The molecule has 0 radical (unpaired) electrons. The van der Waals surface area contributed by atoms with Crippen LogP contribution in [0.15, 0.2) is 24.3 Å². The Morgan fingerprint density at radius 3 is 2.25 bits per heavy atom. The summed E-state index contributed by atoms with van der Waals surface area (Å²) in [6, 6.07) is 1.08. The summed E-state index contributed by atoms with van der Waals surface area (Å²) < 4.78 is 5.50. The van der Waals surface area contributed by atoms with Gasteiger partial charge in [0.1, 0.15) is 41.7 Å². The van der Waals surface area contributed by atoms with E-state index in [1.165, 1.54) is 9.80 Å². The highest BCUT2D eigenvalue weighted by molar-refractivity contribution is 6.30. The standard InChI is InChI=1S/C51H79ClN8O8/c1-9-18-39-47(64)57(7)26-15-14-22-42(45(62)55-41(32-35(5)6)49(66)60(25-10-2)43(46(63)54-39)34-36-19-17-20-37(52)33-36)58(8)48(65)40(21-13-16-27-59-28-30-68-31-29-59)53-44(61)38(11-3)56-50(67)51(12-4)23-24-51/h4,17,19-20,33,35,38-43H,9-11,13-16,18,21-32,34H2,1-3,5-8H3,(H,53,61)(H,54,63)(H,55,62)(H,56,67)/t38-,39+,40-,41-,42-,43-/m0/s1. The van der Waals surface area contributed by atoms with E-state index in [9.17, 15) is 28.8 Å². The van der Waals surface area contributed by atoms with Crippen LogP contribution in [0, 0.1) is 23.7 Å². The zero-order valence-corrected chi connectivity index (χ0v) is 42.5. The summed E-state index contributed by atoms with van der Waals surface area (Å²) >= 11 is 6.40. The summed E-state index contributed by atoms with van der Waals surface area (Å²) in [4.78, 5) is 107. The number of hydrogen-bond acceptors (Lipinski definition) is 9. The Hall–Kier alpha value is -4.72. The highest BCUT2D eigenvalue weighted by Crippen LogP contribution is 2.45. The first-order valence-corrected chi connectivity index (χ1v) is 25.4. The number of carbonyl (C=O) groups excluding carboxylic acids is 7. The van der Waals surface area contributed by atoms with Crippen LogP contribution < -0.4 is 21.3 Å². The average molecular weight is 968 g/mol. The van der Waals surface area contributed by atoms with Gasteiger partial charge in [-0.3, -0.25) is 38.5 Å². The molecule has 7 amide bonds. The van der Waals surface area contributed by atoms with Crippen LogP contribution in [-0.4, -0.2) is 157 Å². The molecule has 4 rings (SSSR count). The largest absolute Gasteiger partial charge is 0.379 e. The molecule has 378 valence electrons. The smallest absolute Gasteiger partial charge is 0.245 e. The molecular weight excluding hydrogens is 888 g/mol. The lowest BCUT2D eigenvalue weighted by Gasteiger charge is -2.37. The highest BCUT2D eigenvalue weighted by atomic mass is 35.5. The second-order valence-corrected chi connectivity index (χ2v) is 19.8. The van der Waals surface area contributed by atoms with Crippen LogP contribution in [0.4, 0.5) is 0 Å². The topological polar surface area (TPSA) is 190 Å². The summed E-state index contributed by atoms with van der Waals surface area (Å²) in [6.45, 7) is 13.7. The predicted octanol–water partition coefficient (Wildman–Crippen LogP) is 4.07. The number of nitrogens with zero attached hydrogens (tertiary/aromatic N) is 4. The molecule has 2 aliphatic heterocycles. The van der Waals surface area contributed by atoms with Crippen LogP contribution in [0.25, 0.3) is 0 Å². The third kappa shape index (κ3) is 16.2. The molecule has 6 atom stereocenters. The van der Waals surface area contributed by atoms with Crippen molar-refractivity contribution in [3.8, 4) is 12.3 Å². The third-order valence-electron chi connectivity index (χ3n) is 13.4. The monoisotopic (exact) mass is 967 g/mol. The van der Waals surface area contributed by atoms with E-state index in [4.69, 9.17) is 22.8 Å². The second kappa shape index (κ2) is 27.5. The molecule has 0 aromatic heterocycles. The maximum Gasteiger partial charge on any atom is 0.245 e. The number of amides is 7. The molecule has 17 heteroatoms. The SMILES string of the molecule is C#CC1(C(=O)N[C@@H](CC)C(=O)N[C@@H](CCCCN2CCOCC2)C(=O)N(C)[C@H]2CCCCN(C)C(=O)[C@@H](CCC)NC(=O)[C@H](Cc3cccc(Cl)c3)N(CCC)C(=O)[C@H](CC(C)C)NC2=O)CC1. The quantitative estimate of drug-likeness (QED) is 0.110. The fraction of sp³-hybridized carbons (Fsp3) is 0.706. The molecule has 1 aliphatic carbocycles. The number of hydrogen-bond donors (Lipinski definition) is 4. The van der Waals surface area contributed by atoms with Gasteiger partial charge < -0.3 is 40.7 Å². The zero-order valence-electron chi connectivity index (χ0n) is 41.7. The molecule has 0 bridgehead atoms. The van der Waals surface area contributed by atoms with Crippen LogP contribution >= 0.6 is 11.6 Å². The van der Waals surface area contributed by atoms with E-state index in [1.54, 1.807) is 44.1 Å². The van der Waals surface area contributed by atoms with Crippen molar-refractivity contribution in [1.82, 2.24) is 40.9 Å². The first kappa shape index (κ1) is 55.9. The Morgan fingerprint density at radius 2 is 1.63 bits per heavy atom. The Labute approximate surface area is 410 Å². The van der Waals surface area contributed by atoms with Gasteiger partial charge in [-0.25, -0.2) is 0 Å². The van der Waals surface area contributed by atoms with Gasteiger partial charge in [0.25, 0.3) is 0 Å². The maximum atomic E-state index is 15.1. The molecule has 2 saturated heterocycles. The Morgan fingerprint density at radius 1 is 0.926 bits per heavy atom. The molecular formula is C51H79ClN8O8. The Bertz CT molecular complexity index is 1920. The fourth-order valence-electron chi connectivity index (χ4n) is 9.08. The number of rotatable bonds is 20. The molecule has 16 nitrogen and oxygen atoms in total. The summed E-state index contributed by atoms with van der Waals surface area (Å²) in [6.07, 6.45) is 11.6. The van der Waals surface area contributed by atoms with Crippen molar-refractivity contribution in [3.63, 3.8) is 0 Å². The molecule has 4 N–H and O–H groups in total. The van der Waals surface area contributed by atoms with Gasteiger partial charge in [-0.05, 0) is 107 Å². The van der Waals surface area contributed by atoms with Gasteiger partial charge in [-0.2, -0.15) is 0 Å². The molecule has 1 aromatic rings. The van der Waals surface area contributed by atoms with Gasteiger partial charge in [0.05, 0.1) is 13.2 Å². The van der Waals surface area contributed by atoms with E-state index < -0.39 is 71.2 Å². The van der Waals surface area contributed by atoms with Crippen molar-refractivity contribution in [2.75, 3.05) is 60.0 Å². The number of morpholine rings is 1. The van der Waals surface area contributed by atoms with Gasteiger partial charge in [0, 0.05) is 51.7 Å². The van der Waals surface area contributed by atoms with Crippen molar-refractivity contribution >= 4 is 53.0 Å². The van der Waals surface area contributed by atoms with Gasteiger partial charge >= 0.3 is 0 Å². The normalized spacial score (nSPS) is 22.9. The van der Waals surface area contributed by atoms with Crippen LogP contribution in [0.1, 0.15) is 124 Å². The van der Waals surface area contributed by atoms with E-state index >= 15 is 4.79 Å². The number of unbranched alkanes of at least 4 members (excludes halogenated alkanes) is 1. The first-order valence-electron chi connectivity index (χ1n) is 25.0. The Balaban J connectivity index is 1.70. The number of nitrogens with one attached hydrogen (secondary N) is 4. The zero-order chi connectivity index (χ0) is 50.0. The summed E-state index contributed by atoms with van der Waals surface area (Å²) in [5.74, 6) is -0.647. The van der Waals surface area contributed by atoms with E-state index in [1.807, 2.05) is 33.8 Å². The van der Waals surface area contributed by atoms with E-state index in [0.29, 0.717) is 76.1 Å². The minimum atomic E-state index is -1.07. The first-order chi connectivity index (χ1) is 32.5. The van der Waals surface area contributed by atoms with Crippen LogP contribution in [0.5, 0.6) is 0 Å². The van der Waals surface area contributed by atoms with E-state index in [-0.39, 0.29) is 56.4 Å². The molecule has 3 fully saturated rings. The van der Waals surface area contributed by atoms with Crippen LogP contribution in [0.2, 0.25) is 5.02 Å². The van der Waals surface area contributed by atoms with Crippen molar-refractivity contribution in [3.05, 3.63) is 34.9 Å². The number of carbonyl (C=O) groups is 7. The van der Waals surface area contributed by atoms with Crippen LogP contribution in [0.3, 0.4) is 0 Å². The van der Waals surface area contributed by atoms with Crippen molar-refractivity contribution in [1.29, 1.82) is 0 Å². The number of ether oxygens (including phenoxy) is 1. The molecule has 3 aliphatic rings. The van der Waals surface area contributed by atoms with Crippen molar-refractivity contribution < 1.29 is 38.3 Å². The Kier molecular flexibility index (Phi) is 22.6. The molecule has 0 spiro atoms. The van der Waals surface area contributed by atoms with Gasteiger partial charge in [0.15, 0.2) is 0 Å². The van der Waals surface area contributed by atoms with Gasteiger partial charge in [0.2, 0.25) is 41.4 Å². The van der Waals surface area contributed by atoms with E-state index in [2.05, 4.69) is 32.1 Å². The molecule has 1 saturated carbocycles. The second-order valence-electron chi connectivity index (χ2n) is 19.3. The molecule has 0 unspecified atom stereocenters. The van der Waals surface area contributed by atoms with Gasteiger partial charge in [-0.15, -0.1) is 6.42 Å². The molecule has 68 heavy (non-hydrogen) atoms. The lowest BCUT2D eigenvalue weighted by molar-refractivity contribution is -0.147. The number of terminal acetylenes is 1. The number of halogens is 1. The van der Waals surface area contributed by atoms with Crippen LogP contribution in [-0.2, 0) is 44.7 Å². The van der Waals surface area contributed by atoms with Crippen molar-refractivity contribution in [2.45, 2.75) is 161 Å². The molecule has 1 aromatic carbocycles. The summed E-state index contributed by atoms with van der Waals surface area (Å²) in [5, 5.41) is 12.3. The van der Waals surface area contributed by atoms with E-state index in [0.717, 1.165) is 31.6 Å². The summed E-state index contributed by atoms with van der Waals surface area (Å²) in [7, 11) is 3.22. The minimum Gasteiger partial charge on any atom is -0.379 e. The minimum absolute atomic E-state index is 0.0575. The maximum absolute atomic E-state index is 15.1. The lowest BCUT2D eigenvalue weighted by Crippen LogP contribution is -2.61. The molecule has 2 heterocycles. The van der Waals surface area contributed by atoms with Crippen molar-refractivity contribution in [2.24, 2.45) is 11.3 Å². The number of benzene rings is 1. The fourth-order valence-corrected chi connectivity index (χ4v) is 9.29. The average Bonchev–Trinajstić information content (AvgIpc) is 4.13. The number of likely N-dealkylation sites (N-methyl/N-ethyl adjacent to an activating group) is 2. The highest BCUT2D eigenvalue weighted by Gasteiger charge is 2.49. The summed E-state index contributed by atoms with van der Waals surface area (Å²) in [5.41, 5.74) is -0.207.